The van der Waals surface area contributed by atoms with Crippen LogP contribution in [0.2, 0.25) is 0 Å². The van der Waals surface area contributed by atoms with E-state index in [4.69, 9.17) is 4.42 Å². The standard InChI is InChI=1S/C20H26N2O3/c23-17(15-7-4-5-8-15)13-21-19(24)11-6-12-20-22-14-18(25-20)16-9-2-1-3-10-16/h1-3,9-10,14-15,17,23H,4-8,11-13H2,(H,21,24). The molecule has 1 heterocycles. The zero-order chi connectivity index (χ0) is 17.5. The Balaban J connectivity index is 1.36. The summed E-state index contributed by atoms with van der Waals surface area (Å²) in [7, 11) is 0. The number of carbonyl (C=O) groups excluding carboxylic acids is 1. The van der Waals surface area contributed by atoms with Gasteiger partial charge in [-0.3, -0.25) is 4.79 Å². The van der Waals surface area contributed by atoms with E-state index in [0.717, 1.165) is 24.2 Å². The number of hydrogen-bond donors (Lipinski definition) is 2. The normalized spacial score (nSPS) is 16.0. The van der Waals surface area contributed by atoms with Gasteiger partial charge in [0.1, 0.15) is 0 Å². The summed E-state index contributed by atoms with van der Waals surface area (Å²) in [4.78, 5) is 16.2. The van der Waals surface area contributed by atoms with E-state index >= 15 is 0 Å². The Bertz CT molecular complexity index is 663. The number of aromatic nitrogens is 1. The minimum Gasteiger partial charge on any atom is -0.441 e. The SMILES string of the molecule is O=C(CCCc1ncc(-c2ccccc2)o1)NCC(O)C1CCCC1. The molecule has 1 aliphatic rings. The molecular formula is C20H26N2O3. The zero-order valence-electron chi connectivity index (χ0n) is 14.5. The van der Waals surface area contributed by atoms with Crippen molar-refractivity contribution in [1.29, 1.82) is 0 Å². The topological polar surface area (TPSA) is 75.4 Å². The Morgan fingerprint density at radius 1 is 1.28 bits per heavy atom. The Labute approximate surface area is 148 Å². The molecule has 2 aromatic rings. The number of nitrogens with zero attached hydrogens (tertiary/aromatic N) is 1. The third-order valence-electron chi connectivity index (χ3n) is 4.86. The molecule has 3 rings (SSSR count). The summed E-state index contributed by atoms with van der Waals surface area (Å²) < 4.78 is 5.73. The van der Waals surface area contributed by atoms with E-state index < -0.39 is 6.10 Å². The predicted molar refractivity (Wildman–Crippen MR) is 95.9 cm³/mol. The van der Waals surface area contributed by atoms with Crippen LogP contribution in [0.5, 0.6) is 0 Å². The lowest BCUT2D eigenvalue weighted by Gasteiger charge is -2.17. The molecule has 1 fully saturated rings. The molecule has 0 aliphatic heterocycles. The van der Waals surface area contributed by atoms with Crippen molar-refractivity contribution < 1.29 is 14.3 Å². The van der Waals surface area contributed by atoms with Crippen LogP contribution in [0, 0.1) is 5.92 Å². The molecule has 0 radical (unpaired) electrons. The molecule has 134 valence electrons. The molecule has 1 saturated carbocycles. The van der Waals surface area contributed by atoms with Crippen LogP contribution in [-0.4, -0.2) is 28.6 Å². The van der Waals surface area contributed by atoms with Crippen molar-refractivity contribution >= 4 is 5.91 Å². The summed E-state index contributed by atoms with van der Waals surface area (Å²) in [6.07, 6.45) is 7.57. The lowest BCUT2D eigenvalue weighted by atomic mass is 10.0. The first-order chi connectivity index (χ1) is 12.2. The number of aryl methyl sites for hydroxylation is 1. The van der Waals surface area contributed by atoms with Crippen LogP contribution in [0.3, 0.4) is 0 Å². The first-order valence-corrected chi connectivity index (χ1v) is 9.17. The largest absolute Gasteiger partial charge is 0.441 e. The van der Waals surface area contributed by atoms with Crippen molar-refractivity contribution in [2.75, 3.05) is 6.54 Å². The maximum absolute atomic E-state index is 11.9. The quantitative estimate of drug-likeness (QED) is 0.771. The molecule has 1 aromatic heterocycles. The van der Waals surface area contributed by atoms with E-state index in [0.29, 0.717) is 37.6 Å². The van der Waals surface area contributed by atoms with Crippen LogP contribution in [0.15, 0.2) is 40.9 Å². The van der Waals surface area contributed by atoms with Gasteiger partial charge in [0.2, 0.25) is 5.91 Å². The van der Waals surface area contributed by atoms with Gasteiger partial charge in [-0.25, -0.2) is 4.98 Å². The van der Waals surface area contributed by atoms with Crippen LogP contribution in [-0.2, 0) is 11.2 Å². The minimum absolute atomic E-state index is 0.0214. The van der Waals surface area contributed by atoms with Crippen molar-refractivity contribution in [1.82, 2.24) is 10.3 Å². The number of rotatable bonds is 8. The Morgan fingerprint density at radius 3 is 2.80 bits per heavy atom. The lowest BCUT2D eigenvalue weighted by molar-refractivity contribution is -0.121. The number of aliphatic hydroxyl groups is 1. The van der Waals surface area contributed by atoms with Crippen molar-refractivity contribution in [2.45, 2.75) is 51.0 Å². The molecule has 5 heteroatoms. The van der Waals surface area contributed by atoms with E-state index in [1.54, 1.807) is 6.20 Å². The molecule has 1 aliphatic carbocycles. The average molecular weight is 342 g/mol. The highest BCUT2D eigenvalue weighted by molar-refractivity contribution is 5.75. The highest BCUT2D eigenvalue weighted by Crippen LogP contribution is 2.27. The molecular weight excluding hydrogens is 316 g/mol. The van der Waals surface area contributed by atoms with Crippen molar-refractivity contribution in [2.24, 2.45) is 5.92 Å². The molecule has 0 spiro atoms. The second kappa shape index (κ2) is 8.81. The molecule has 2 N–H and O–H groups in total. The summed E-state index contributed by atoms with van der Waals surface area (Å²) in [6, 6.07) is 9.84. The first-order valence-electron chi connectivity index (χ1n) is 9.17. The fourth-order valence-corrected chi connectivity index (χ4v) is 3.38. The maximum atomic E-state index is 11.9. The Morgan fingerprint density at radius 2 is 2.04 bits per heavy atom. The van der Waals surface area contributed by atoms with Gasteiger partial charge in [0.25, 0.3) is 0 Å². The fourth-order valence-electron chi connectivity index (χ4n) is 3.38. The van der Waals surface area contributed by atoms with Gasteiger partial charge in [0, 0.05) is 24.9 Å². The molecule has 0 saturated heterocycles. The Kier molecular flexibility index (Phi) is 6.23. The summed E-state index contributed by atoms with van der Waals surface area (Å²) >= 11 is 0. The monoisotopic (exact) mass is 342 g/mol. The summed E-state index contributed by atoms with van der Waals surface area (Å²) in [5.41, 5.74) is 1.000. The summed E-state index contributed by atoms with van der Waals surface area (Å²) in [5, 5.41) is 12.9. The number of amides is 1. The number of hydrogen-bond acceptors (Lipinski definition) is 4. The first kappa shape index (κ1) is 17.7. The van der Waals surface area contributed by atoms with E-state index in [2.05, 4.69) is 10.3 Å². The summed E-state index contributed by atoms with van der Waals surface area (Å²) in [6.45, 7) is 0.362. The Hall–Kier alpha value is -2.14. The van der Waals surface area contributed by atoms with Gasteiger partial charge in [0.05, 0.1) is 12.3 Å². The van der Waals surface area contributed by atoms with Crippen molar-refractivity contribution in [3.8, 4) is 11.3 Å². The number of nitrogens with one attached hydrogen (secondary N) is 1. The number of aliphatic hydroxyl groups excluding tert-OH is 1. The second-order valence-electron chi connectivity index (χ2n) is 6.75. The number of oxazole rings is 1. The molecule has 25 heavy (non-hydrogen) atoms. The molecule has 1 amide bonds. The van der Waals surface area contributed by atoms with Gasteiger partial charge in [-0.05, 0) is 25.2 Å². The number of benzene rings is 1. The predicted octanol–water partition coefficient (Wildman–Crippen LogP) is 3.33. The molecule has 0 bridgehead atoms. The van der Waals surface area contributed by atoms with Gasteiger partial charge in [-0.1, -0.05) is 43.2 Å². The van der Waals surface area contributed by atoms with Crippen LogP contribution < -0.4 is 5.32 Å². The third-order valence-corrected chi connectivity index (χ3v) is 4.86. The third kappa shape index (κ3) is 5.16. The van der Waals surface area contributed by atoms with E-state index in [-0.39, 0.29) is 5.91 Å². The zero-order valence-corrected chi connectivity index (χ0v) is 14.5. The lowest BCUT2D eigenvalue weighted by Crippen LogP contribution is -2.35. The molecule has 1 unspecified atom stereocenters. The van der Waals surface area contributed by atoms with Gasteiger partial charge in [0.15, 0.2) is 11.7 Å². The summed E-state index contributed by atoms with van der Waals surface area (Å²) in [5.74, 6) is 1.73. The smallest absolute Gasteiger partial charge is 0.220 e. The van der Waals surface area contributed by atoms with Crippen LogP contribution >= 0.6 is 0 Å². The number of carbonyl (C=O) groups is 1. The van der Waals surface area contributed by atoms with Gasteiger partial charge in [-0.15, -0.1) is 0 Å². The maximum Gasteiger partial charge on any atom is 0.220 e. The molecule has 1 atom stereocenters. The second-order valence-corrected chi connectivity index (χ2v) is 6.75. The highest BCUT2D eigenvalue weighted by atomic mass is 16.4. The van der Waals surface area contributed by atoms with Crippen molar-refractivity contribution in [3.05, 3.63) is 42.4 Å². The van der Waals surface area contributed by atoms with Crippen LogP contribution in [0.25, 0.3) is 11.3 Å². The van der Waals surface area contributed by atoms with Gasteiger partial charge < -0.3 is 14.8 Å². The average Bonchev–Trinajstić information content (AvgIpc) is 3.32. The molecule has 5 nitrogen and oxygen atoms in total. The van der Waals surface area contributed by atoms with Crippen LogP contribution in [0.4, 0.5) is 0 Å². The van der Waals surface area contributed by atoms with Gasteiger partial charge in [-0.2, -0.15) is 0 Å². The fraction of sp³-hybridized carbons (Fsp3) is 0.500. The van der Waals surface area contributed by atoms with E-state index in [9.17, 15) is 9.90 Å². The van der Waals surface area contributed by atoms with Gasteiger partial charge >= 0.3 is 0 Å². The van der Waals surface area contributed by atoms with E-state index in [1.165, 1.54) is 12.8 Å². The van der Waals surface area contributed by atoms with E-state index in [1.807, 2.05) is 30.3 Å². The molecule has 1 aromatic carbocycles. The van der Waals surface area contributed by atoms with Crippen LogP contribution in [0.1, 0.15) is 44.4 Å². The van der Waals surface area contributed by atoms with Crippen molar-refractivity contribution in [3.63, 3.8) is 0 Å². The highest BCUT2D eigenvalue weighted by Gasteiger charge is 2.23. The minimum atomic E-state index is -0.411.